The summed E-state index contributed by atoms with van der Waals surface area (Å²) in [5, 5.41) is 1.98. The summed E-state index contributed by atoms with van der Waals surface area (Å²) >= 11 is 7.66. The first-order valence-electron chi connectivity index (χ1n) is 6.00. The van der Waals surface area contributed by atoms with Crippen LogP contribution < -0.4 is 0 Å². The van der Waals surface area contributed by atoms with Crippen LogP contribution in [0.15, 0.2) is 48.5 Å². The van der Waals surface area contributed by atoms with Gasteiger partial charge >= 0.3 is 0 Å². The maximum absolute atomic E-state index is 5.87. The average Bonchev–Trinajstić information content (AvgIpc) is 2.74. The Balaban J connectivity index is 2.07. The number of fused-ring (bicyclic) bond motifs is 1. The molecule has 0 aliphatic carbocycles. The standard InChI is InChI=1S/C17H11ClS/c1-12-15(16-4-2-3-5-17(16)19-12)11-8-13-6-9-14(18)10-7-13/h2-7,9-10H,1H3. The zero-order chi connectivity index (χ0) is 13.2. The van der Waals surface area contributed by atoms with Crippen LogP contribution >= 0.6 is 22.9 Å². The van der Waals surface area contributed by atoms with E-state index in [0.29, 0.717) is 0 Å². The normalized spacial score (nSPS) is 10.2. The topological polar surface area (TPSA) is 0 Å². The molecule has 0 spiro atoms. The Morgan fingerprint density at radius 3 is 2.47 bits per heavy atom. The highest BCUT2D eigenvalue weighted by molar-refractivity contribution is 7.19. The van der Waals surface area contributed by atoms with Crippen molar-refractivity contribution in [3.63, 3.8) is 0 Å². The summed E-state index contributed by atoms with van der Waals surface area (Å²) in [5.74, 6) is 6.49. The highest BCUT2D eigenvalue weighted by Crippen LogP contribution is 2.29. The Kier molecular flexibility index (Phi) is 3.29. The summed E-state index contributed by atoms with van der Waals surface area (Å²) < 4.78 is 1.29. The van der Waals surface area contributed by atoms with E-state index in [1.807, 2.05) is 24.3 Å². The molecule has 0 N–H and O–H groups in total. The molecule has 0 radical (unpaired) electrons. The predicted octanol–water partition coefficient (Wildman–Crippen LogP) is 5.26. The van der Waals surface area contributed by atoms with Gasteiger partial charge in [-0.1, -0.05) is 41.6 Å². The fourth-order valence-electron chi connectivity index (χ4n) is 1.99. The van der Waals surface area contributed by atoms with Gasteiger partial charge in [0.25, 0.3) is 0 Å². The summed E-state index contributed by atoms with van der Waals surface area (Å²) in [4.78, 5) is 1.27. The lowest BCUT2D eigenvalue weighted by Crippen LogP contribution is -1.76. The molecule has 0 saturated carbocycles. The maximum atomic E-state index is 5.87. The van der Waals surface area contributed by atoms with Crippen LogP contribution in [0.3, 0.4) is 0 Å². The van der Waals surface area contributed by atoms with Crippen molar-refractivity contribution in [2.24, 2.45) is 0 Å². The molecule has 0 atom stereocenters. The summed E-state index contributed by atoms with van der Waals surface area (Å²) in [6.45, 7) is 2.12. The first-order chi connectivity index (χ1) is 9.24. The molecule has 0 saturated heterocycles. The molecule has 0 aliphatic heterocycles. The van der Waals surface area contributed by atoms with E-state index in [4.69, 9.17) is 11.6 Å². The molecule has 2 heteroatoms. The van der Waals surface area contributed by atoms with Crippen molar-refractivity contribution < 1.29 is 0 Å². The highest BCUT2D eigenvalue weighted by Gasteiger charge is 2.05. The molecule has 0 fully saturated rings. The van der Waals surface area contributed by atoms with E-state index in [1.54, 1.807) is 11.3 Å². The van der Waals surface area contributed by atoms with Gasteiger partial charge in [-0.2, -0.15) is 0 Å². The Hall–Kier alpha value is -1.75. The number of thiophene rings is 1. The van der Waals surface area contributed by atoms with Gasteiger partial charge in [0.2, 0.25) is 0 Å². The van der Waals surface area contributed by atoms with Crippen LogP contribution in [-0.2, 0) is 0 Å². The molecule has 0 aliphatic rings. The van der Waals surface area contributed by atoms with Gasteiger partial charge in [-0.05, 0) is 37.3 Å². The van der Waals surface area contributed by atoms with Gasteiger partial charge in [-0.3, -0.25) is 0 Å². The third-order valence-electron chi connectivity index (χ3n) is 2.95. The first kappa shape index (κ1) is 12.3. The van der Waals surface area contributed by atoms with Crippen LogP contribution in [-0.4, -0.2) is 0 Å². The fraction of sp³-hybridized carbons (Fsp3) is 0.0588. The van der Waals surface area contributed by atoms with E-state index in [-0.39, 0.29) is 0 Å². The molecule has 3 aromatic rings. The molecule has 0 amide bonds. The number of benzene rings is 2. The average molecular weight is 283 g/mol. The Labute approximate surface area is 121 Å². The second kappa shape index (κ2) is 5.09. The number of hydrogen-bond acceptors (Lipinski definition) is 1. The van der Waals surface area contributed by atoms with Crippen molar-refractivity contribution in [3.8, 4) is 11.8 Å². The minimum absolute atomic E-state index is 0.739. The van der Waals surface area contributed by atoms with Gasteiger partial charge in [0, 0.05) is 31.1 Å². The lowest BCUT2D eigenvalue weighted by molar-refractivity contribution is 1.60. The summed E-state index contributed by atoms with van der Waals surface area (Å²) in [6.07, 6.45) is 0. The van der Waals surface area contributed by atoms with Gasteiger partial charge in [0.15, 0.2) is 0 Å². The number of aryl methyl sites for hydroxylation is 1. The van der Waals surface area contributed by atoms with Crippen molar-refractivity contribution >= 4 is 33.0 Å². The van der Waals surface area contributed by atoms with Crippen molar-refractivity contribution in [2.75, 3.05) is 0 Å². The highest BCUT2D eigenvalue weighted by atomic mass is 35.5. The number of rotatable bonds is 0. The van der Waals surface area contributed by atoms with Crippen LogP contribution in [0.2, 0.25) is 5.02 Å². The lowest BCUT2D eigenvalue weighted by Gasteiger charge is -1.92. The van der Waals surface area contributed by atoms with Crippen LogP contribution in [0.4, 0.5) is 0 Å². The van der Waals surface area contributed by atoms with E-state index < -0.39 is 0 Å². The van der Waals surface area contributed by atoms with Crippen LogP contribution in [0.1, 0.15) is 16.0 Å². The van der Waals surface area contributed by atoms with Gasteiger partial charge in [0.1, 0.15) is 0 Å². The Morgan fingerprint density at radius 2 is 1.68 bits per heavy atom. The molecule has 3 rings (SSSR count). The van der Waals surface area contributed by atoms with E-state index in [9.17, 15) is 0 Å². The number of hydrogen-bond donors (Lipinski definition) is 0. The quantitative estimate of drug-likeness (QED) is 0.493. The second-order valence-corrected chi connectivity index (χ2v) is 5.98. The summed E-state index contributed by atoms with van der Waals surface area (Å²) in [6, 6.07) is 16.0. The van der Waals surface area contributed by atoms with Crippen molar-refractivity contribution in [3.05, 3.63) is 69.6 Å². The molecule has 1 heterocycles. The Bertz CT molecular complexity index is 785. The predicted molar refractivity (Wildman–Crippen MR) is 84.0 cm³/mol. The minimum atomic E-state index is 0.739. The molecule has 0 nitrogen and oxygen atoms in total. The monoisotopic (exact) mass is 282 g/mol. The second-order valence-electron chi connectivity index (χ2n) is 4.29. The van der Waals surface area contributed by atoms with Gasteiger partial charge in [0.05, 0.1) is 0 Å². The van der Waals surface area contributed by atoms with E-state index >= 15 is 0 Å². The van der Waals surface area contributed by atoms with E-state index in [2.05, 4.69) is 43.0 Å². The van der Waals surface area contributed by atoms with Crippen LogP contribution in [0.25, 0.3) is 10.1 Å². The third kappa shape index (κ3) is 2.51. The third-order valence-corrected chi connectivity index (χ3v) is 4.29. The zero-order valence-electron chi connectivity index (χ0n) is 10.4. The molecule has 2 aromatic carbocycles. The van der Waals surface area contributed by atoms with Crippen LogP contribution in [0.5, 0.6) is 0 Å². The molecule has 0 bridgehead atoms. The van der Waals surface area contributed by atoms with E-state index in [0.717, 1.165) is 16.1 Å². The first-order valence-corrected chi connectivity index (χ1v) is 7.19. The zero-order valence-corrected chi connectivity index (χ0v) is 12.0. The van der Waals surface area contributed by atoms with Crippen molar-refractivity contribution in [2.45, 2.75) is 6.92 Å². The SMILES string of the molecule is Cc1sc2ccccc2c1C#Cc1ccc(Cl)cc1. The lowest BCUT2D eigenvalue weighted by atomic mass is 10.1. The van der Waals surface area contributed by atoms with Gasteiger partial charge < -0.3 is 0 Å². The van der Waals surface area contributed by atoms with Crippen molar-refractivity contribution in [1.82, 2.24) is 0 Å². The smallest absolute Gasteiger partial charge is 0.0464 e. The molecular weight excluding hydrogens is 272 g/mol. The largest absolute Gasteiger partial charge is 0.139 e. The summed E-state index contributed by atoms with van der Waals surface area (Å²) in [7, 11) is 0. The number of halogens is 1. The van der Waals surface area contributed by atoms with E-state index in [1.165, 1.54) is 15.0 Å². The molecule has 92 valence electrons. The van der Waals surface area contributed by atoms with Gasteiger partial charge in [-0.25, -0.2) is 0 Å². The molecule has 1 aromatic heterocycles. The summed E-state index contributed by atoms with van der Waals surface area (Å²) in [5.41, 5.74) is 2.12. The fourth-order valence-corrected chi connectivity index (χ4v) is 3.14. The minimum Gasteiger partial charge on any atom is -0.139 e. The Morgan fingerprint density at radius 1 is 0.947 bits per heavy atom. The van der Waals surface area contributed by atoms with Crippen molar-refractivity contribution in [1.29, 1.82) is 0 Å². The molecule has 19 heavy (non-hydrogen) atoms. The maximum Gasteiger partial charge on any atom is 0.0464 e. The van der Waals surface area contributed by atoms with Gasteiger partial charge in [-0.15, -0.1) is 11.3 Å². The molecular formula is C17H11ClS. The molecule has 0 unspecified atom stereocenters. The van der Waals surface area contributed by atoms with Crippen LogP contribution in [0, 0.1) is 18.8 Å².